The van der Waals surface area contributed by atoms with Gasteiger partial charge in [0.2, 0.25) is 0 Å². The summed E-state index contributed by atoms with van der Waals surface area (Å²) in [5, 5.41) is 3.46. The molecule has 2 unspecified atom stereocenters. The van der Waals surface area contributed by atoms with Crippen LogP contribution in [0.4, 0.5) is 4.39 Å². The van der Waals surface area contributed by atoms with E-state index in [0.717, 1.165) is 57.5 Å². The Morgan fingerprint density at radius 3 is 2.55 bits per heavy atom. The molecule has 0 aliphatic carbocycles. The van der Waals surface area contributed by atoms with Crippen molar-refractivity contribution in [2.45, 2.75) is 25.4 Å². The van der Waals surface area contributed by atoms with Crippen LogP contribution in [0.1, 0.15) is 24.9 Å². The van der Waals surface area contributed by atoms with Gasteiger partial charge in [0.25, 0.3) is 0 Å². The van der Waals surface area contributed by atoms with Crippen molar-refractivity contribution in [2.24, 2.45) is 4.99 Å². The van der Waals surface area contributed by atoms with Crippen LogP contribution in [0.25, 0.3) is 0 Å². The van der Waals surface area contributed by atoms with Gasteiger partial charge in [0, 0.05) is 38.8 Å². The molecule has 8 heteroatoms. The largest absolute Gasteiger partial charge is 0.379 e. The SMILES string of the molecule is CCNC(=NCC(c1ccc(F)cc1)N(C)C)N1CCC(N2CCOCC2)C1.I. The summed E-state index contributed by atoms with van der Waals surface area (Å²) in [5.41, 5.74) is 1.08. The fourth-order valence-electron chi connectivity index (χ4n) is 4.03. The lowest BCUT2D eigenvalue weighted by atomic mass is 10.1. The smallest absolute Gasteiger partial charge is 0.194 e. The van der Waals surface area contributed by atoms with E-state index in [1.54, 1.807) is 0 Å². The molecule has 1 N–H and O–H groups in total. The second-order valence-corrected chi connectivity index (χ2v) is 7.76. The van der Waals surface area contributed by atoms with Crippen LogP contribution in [0.15, 0.2) is 29.3 Å². The monoisotopic (exact) mass is 519 g/mol. The van der Waals surface area contributed by atoms with Gasteiger partial charge in [0.1, 0.15) is 5.82 Å². The number of likely N-dealkylation sites (N-methyl/N-ethyl adjacent to an activating group) is 1. The van der Waals surface area contributed by atoms with Crippen LogP contribution < -0.4 is 5.32 Å². The Balaban J connectivity index is 0.00000300. The van der Waals surface area contributed by atoms with E-state index in [2.05, 4.69) is 26.9 Å². The molecule has 0 amide bonds. The number of morpholine rings is 1. The number of halogens is 2. The maximum absolute atomic E-state index is 13.3. The minimum atomic E-state index is -0.204. The molecular formula is C21H35FIN5O. The minimum absolute atomic E-state index is 0. The quantitative estimate of drug-likeness (QED) is 0.356. The van der Waals surface area contributed by atoms with E-state index in [-0.39, 0.29) is 35.8 Å². The van der Waals surface area contributed by atoms with E-state index < -0.39 is 0 Å². The number of aliphatic imine (C=N–C) groups is 1. The van der Waals surface area contributed by atoms with Crippen LogP contribution in [-0.4, -0.2) is 93.3 Å². The Morgan fingerprint density at radius 2 is 1.93 bits per heavy atom. The van der Waals surface area contributed by atoms with Crippen molar-refractivity contribution in [3.63, 3.8) is 0 Å². The van der Waals surface area contributed by atoms with Gasteiger partial charge in [-0.05, 0) is 45.1 Å². The van der Waals surface area contributed by atoms with Crippen LogP contribution in [0, 0.1) is 5.82 Å². The van der Waals surface area contributed by atoms with E-state index in [1.807, 2.05) is 26.2 Å². The van der Waals surface area contributed by atoms with Gasteiger partial charge in [0.05, 0.1) is 25.8 Å². The highest BCUT2D eigenvalue weighted by molar-refractivity contribution is 14.0. The van der Waals surface area contributed by atoms with Gasteiger partial charge in [-0.2, -0.15) is 0 Å². The Labute approximate surface area is 191 Å². The summed E-state index contributed by atoms with van der Waals surface area (Å²) < 4.78 is 18.8. The zero-order valence-electron chi connectivity index (χ0n) is 17.8. The van der Waals surface area contributed by atoms with Gasteiger partial charge in [-0.25, -0.2) is 4.39 Å². The highest BCUT2D eigenvalue weighted by Crippen LogP contribution is 2.20. The number of guanidine groups is 1. The maximum atomic E-state index is 13.3. The van der Waals surface area contributed by atoms with Gasteiger partial charge in [-0.15, -0.1) is 24.0 Å². The highest BCUT2D eigenvalue weighted by Gasteiger charge is 2.30. The molecule has 0 aromatic heterocycles. The zero-order chi connectivity index (χ0) is 19.9. The average molecular weight is 519 g/mol. The first-order valence-electron chi connectivity index (χ1n) is 10.4. The van der Waals surface area contributed by atoms with E-state index in [1.165, 1.54) is 18.6 Å². The fourth-order valence-corrected chi connectivity index (χ4v) is 4.03. The second kappa shape index (κ2) is 12.0. The summed E-state index contributed by atoms with van der Waals surface area (Å²) in [6, 6.07) is 7.45. The topological polar surface area (TPSA) is 43.3 Å². The van der Waals surface area contributed by atoms with Crippen molar-refractivity contribution in [1.82, 2.24) is 20.0 Å². The molecule has 164 valence electrons. The zero-order valence-corrected chi connectivity index (χ0v) is 20.1. The summed E-state index contributed by atoms with van der Waals surface area (Å²) in [5.74, 6) is 0.775. The number of ether oxygens (including phenoxy) is 1. The van der Waals surface area contributed by atoms with Crippen LogP contribution in [-0.2, 0) is 4.74 Å². The molecular weight excluding hydrogens is 484 g/mol. The molecule has 1 aromatic carbocycles. The second-order valence-electron chi connectivity index (χ2n) is 7.76. The first-order valence-corrected chi connectivity index (χ1v) is 10.4. The molecule has 29 heavy (non-hydrogen) atoms. The number of hydrogen-bond donors (Lipinski definition) is 1. The van der Waals surface area contributed by atoms with Crippen molar-refractivity contribution in [3.05, 3.63) is 35.6 Å². The summed E-state index contributed by atoms with van der Waals surface area (Å²) >= 11 is 0. The number of rotatable bonds is 6. The van der Waals surface area contributed by atoms with Crippen LogP contribution >= 0.6 is 24.0 Å². The lowest BCUT2D eigenvalue weighted by Crippen LogP contribution is -2.46. The van der Waals surface area contributed by atoms with Crippen LogP contribution in [0.2, 0.25) is 0 Å². The Morgan fingerprint density at radius 1 is 1.24 bits per heavy atom. The first kappa shape index (κ1) is 24.3. The van der Waals surface area contributed by atoms with E-state index >= 15 is 0 Å². The molecule has 2 fully saturated rings. The summed E-state index contributed by atoms with van der Waals surface area (Å²) in [4.78, 5) is 12.0. The number of likely N-dealkylation sites (tertiary alicyclic amines) is 1. The molecule has 0 bridgehead atoms. The van der Waals surface area contributed by atoms with Gasteiger partial charge in [0.15, 0.2) is 5.96 Å². The van der Waals surface area contributed by atoms with E-state index in [9.17, 15) is 4.39 Å². The Kier molecular flexibility index (Phi) is 10.1. The number of hydrogen-bond acceptors (Lipinski definition) is 4. The molecule has 0 radical (unpaired) electrons. The van der Waals surface area contributed by atoms with Crippen molar-refractivity contribution in [2.75, 3.05) is 66.6 Å². The number of nitrogens with one attached hydrogen (secondary N) is 1. The molecule has 6 nitrogen and oxygen atoms in total. The van der Waals surface area contributed by atoms with E-state index in [4.69, 9.17) is 9.73 Å². The van der Waals surface area contributed by atoms with Crippen molar-refractivity contribution < 1.29 is 9.13 Å². The normalized spacial score (nSPS) is 21.9. The third-order valence-electron chi connectivity index (χ3n) is 5.65. The van der Waals surface area contributed by atoms with Crippen LogP contribution in [0.5, 0.6) is 0 Å². The summed E-state index contributed by atoms with van der Waals surface area (Å²) in [6.45, 7) is 9.36. The molecule has 1 aromatic rings. The molecule has 0 saturated carbocycles. The van der Waals surface area contributed by atoms with Gasteiger partial charge >= 0.3 is 0 Å². The first-order chi connectivity index (χ1) is 13.6. The van der Waals surface area contributed by atoms with E-state index in [0.29, 0.717) is 12.6 Å². The highest BCUT2D eigenvalue weighted by atomic mass is 127. The fraction of sp³-hybridized carbons (Fsp3) is 0.667. The van der Waals surface area contributed by atoms with Gasteiger partial charge < -0.3 is 19.9 Å². The molecule has 2 saturated heterocycles. The lowest BCUT2D eigenvalue weighted by molar-refractivity contribution is 0.0195. The Bertz CT molecular complexity index is 636. The summed E-state index contributed by atoms with van der Waals surface area (Å²) in [7, 11) is 4.08. The van der Waals surface area contributed by atoms with Crippen LogP contribution in [0.3, 0.4) is 0 Å². The minimum Gasteiger partial charge on any atom is -0.379 e. The third kappa shape index (κ3) is 6.77. The molecule has 2 aliphatic rings. The summed E-state index contributed by atoms with van der Waals surface area (Å²) in [6.07, 6.45) is 1.17. The molecule has 2 heterocycles. The Hall–Kier alpha value is -0.970. The molecule has 0 spiro atoms. The van der Waals surface area contributed by atoms with Gasteiger partial charge in [-0.3, -0.25) is 9.89 Å². The van der Waals surface area contributed by atoms with Gasteiger partial charge in [-0.1, -0.05) is 12.1 Å². The molecule has 3 rings (SSSR count). The van der Waals surface area contributed by atoms with Crippen molar-refractivity contribution >= 4 is 29.9 Å². The average Bonchev–Trinajstić information content (AvgIpc) is 3.19. The standard InChI is InChI=1S/C21H34FN5O.HI/c1-4-23-21(27-10-9-19(16-27)26-11-13-28-14-12-26)24-15-20(25(2)3)17-5-7-18(22)8-6-17;/h5-8,19-20H,4,9-16H2,1-3H3,(H,23,24);1H. The molecule has 2 atom stereocenters. The predicted molar refractivity (Wildman–Crippen MR) is 127 cm³/mol. The number of benzene rings is 1. The maximum Gasteiger partial charge on any atom is 0.194 e. The predicted octanol–water partition coefficient (Wildman–Crippen LogP) is 2.42. The third-order valence-corrected chi connectivity index (χ3v) is 5.65. The number of nitrogens with zero attached hydrogens (tertiary/aromatic N) is 4. The molecule has 2 aliphatic heterocycles. The van der Waals surface area contributed by atoms with Crippen molar-refractivity contribution in [3.8, 4) is 0 Å². The lowest BCUT2D eigenvalue weighted by Gasteiger charge is -2.32. The van der Waals surface area contributed by atoms with Crippen molar-refractivity contribution in [1.29, 1.82) is 0 Å².